The van der Waals surface area contributed by atoms with Gasteiger partial charge in [-0.15, -0.1) is 0 Å². The number of fused-ring (bicyclic) bond motifs is 2. The number of nitrogens with one attached hydrogen (secondary N) is 1. The second kappa shape index (κ2) is 8.51. The Hall–Kier alpha value is -3.19. The second-order valence-corrected chi connectivity index (χ2v) is 9.12. The standard InChI is InChI=1S/C24H24N4O2S/c29-23(30)11-8-16-7-10-21-20(12-16)25-15-28(21)14-17-6-9-19-22(13-17)31-24(27-19)26-18-4-2-1-3-5-18/h6-13,15,18H,1-5,14H2,(H,26,27)(H,29,30)/b11-8+. The molecule has 1 aliphatic carbocycles. The van der Waals surface area contributed by atoms with Gasteiger partial charge < -0.3 is 15.0 Å². The molecular weight excluding hydrogens is 408 g/mol. The van der Waals surface area contributed by atoms with Crippen LogP contribution in [0.25, 0.3) is 27.3 Å². The molecule has 0 saturated heterocycles. The van der Waals surface area contributed by atoms with Crippen LogP contribution in [0.2, 0.25) is 0 Å². The van der Waals surface area contributed by atoms with E-state index in [-0.39, 0.29) is 0 Å². The van der Waals surface area contributed by atoms with Gasteiger partial charge in [-0.2, -0.15) is 0 Å². The Morgan fingerprint density at radius 3 is 2.87 bits per heavy atom. The first-order valence-electron chi connectivity index (χ1n) is 10.7. The van der Waals surface area contributed by atoms with Crippen LogP contribution in [-0.2, 0) is 11.3 Å². The number of nitrogens with zero attached hydrogens (tertiary/aromatic N) is 3. The lowest BCUT2D eigenvalue weighted by molar-refractivity contribution is -0.131. The highest BCUT2D eigenvalue weighted by Crippen LogP contribution is 2.30. The van der Waals surface area contributed by atoms with Gasteiger partial charge in [0.25, 0.3) is 0 Å². The van der Waals surface area contributed by atoms with Crippen molar-refractivity contribution in [1.29, 1.82) is 0 Å². The van der Waals surface area contributed by atoms with Gasteiger partial charge in [-0.25, -0.2) is 14.8 Å². The molecule has 158 valence electrons. The zero-order valence-electron chi connectivity index (χ0n) is 17.1. The monoisotopic (exact) mass is 432 g/mol. The van der Waals surface area contributed by atoms with Crippen LogP contribution >= 0.6 is 11.3 Å². The van der Waals surface area contributed by atoms with E-state index >= 15 is 0 Å². The fourth-order valence-electron chi connectivity index (χ4n) is 4.23. The van der Waals surface area contributed by atoms with Gasteiger partial charge in [-0.1, -0.05) is 42.7 Å². The number of aliphatic carboxylic acids is 1. The molecule has 2 aromatic carbocycles. The van der Waals surface area contributed by atoms with Gasteiger partial charge in [0.05, 0.1) is 27.6 Å². The number of aromatic nitrogens is 3. The first-order valence-corrected chi connectivity index (χ1v) is 11.5. The summed E-state index contributed by atoms with van der Waals surface area (Å²) < 4.78 is 3.31. The summed E-state index contributed by atoms with van der Waals surface area (Å²) in [5.41, 5.74) is 4.94. The Bertz CT molecular complexity index is 1270. The highest BCUT2D eigenvalue weighted by molar-refractivity contribution is 7.22. The quantitative estimate of drug-likeness (QED) is 0.391. The molecule has 0 amide bonds. The van der Waals surface area contributed by atoms with Crippen molar-refractivity contribution in [2.75, 3.05) is 5.32 Å². The number of imidazole rings is 1. The molecule has 0 bridgehead atoms. The third kappa shape index (κ3) is 4.46. The molecule has 0 radical (unpaired) electrons. The molecule has 0 aliphatic heterocycles. The average Bonchev–Trinajstić information content (AvgIpc) is 3.36. The zero-order valence-corrected chi connectivity index (χ0v) is 17.9. The lowest BCUT2D eigenvalue weighted by Gasteiger charge is -2.22. The minimum Gasteiger partial charge on any atom is -0.478 e. The first kappa shape index (κ1) is 19.8. The number of carbonyl (C=O) groups is 1. The Balaban J connectivity index is 1.34. The number of thiazole rings is 1. The molecule has 1 saturated carbocycles. The average molecular weight is 433 g/mol. The predicted octanol–water partition coefficient (Wildman–Crippen LogP) is 5.54. The highest BCUT2D eigenvalue weighted by atomic mass is 32.1. The summed E-state index contributed by atoms with van der Waals surface area (Å²) in [5, 5.41) is 13.5. The van der Waals surface area contributed by atoms with E-state index < -0.39 is 5.97 Å². The molecule has 2 N–H and O–H groups in total. The van der Waals surface area contributed by atoms with Crippen molar-refractivity contribution >= 4 is 49.8 Å². The number of carboxylic acids is 1. The summed E-state index contributed by atoms with van der Waals surface area (Å²) in [6, 6.07) is 12.8. The molecule has 4 aromatic rings. The summed E-state index contributed by atoms with van der Waals surface area (Å²) >= 11 is 1.73. The van der Waals surface area contributed by atoms with Crippen molar-refractivity contribution in [2.24, 2.45) is 0 Å². The fraction of sp³-hybridized carbons (Fsp3) is 0.292. The Kier molecular flexibility index (Phi) is 5.42. The third-order valence-electron chi connectivity index (χ3n) is 5.80. The van der Waals surface area contributed by atoms with Crippen LogP contribution in [0.3, 0.4) is 0 Å². The summed E-state index contributed by atoms with van der Waals surface area (Å²) in [4.78, 5) is 20.0. The number of benzene rings is 2. The van der Waals surface area contributed by atoms with E-state index in [0.29, 0.717) is 6.04 Å². The van der Waals surface area contributed by atoms with E-state index in [4.69, 9.17) is 10.1 Å². The molecule has 0 spiro atoms. The van der Waals surface area contributed by atoms with Crippen LogP contribution in [0.5, 0.6) is 0 Å². The van der Waals surface area contributed by atoms with Crippen LogP contribution in [0.15, 0.2) is 48.8 Å². The van der Waals surface area contributed by atoms with Gasteiger partial charge in [-0.3, -0.25) is 0 Å². The molecule has 31 heavy (non-hydrogen) atoms. The van der Waals surface area contributed by atoms with E-state index in [1.165, 1.54) is 42.4 Å². The maximum atomic E-state index is 10.7. The molecule has 7 heteroatoms. The summed E-state index contributed by atoms with van der Waals surface area (Å²) in [5.74, 6) is -0.957. The molecule has 5 rings (SSSR count). The van der Waals surface area contributed by atoms with Crippen molar-refractivity contribution in [3.05, 3.63) is 59.9 Å². The smallest absolute Gasteiger partial charge is 0.328 e. The van der Waals surface area contributed by atoms with E-state index in [1.807, 2.05) is 24.5 Å². The lowest BCUT2D eigenvalue weighted by Crippen LogP contribution is -2.21. The number of hydrogen-bond donors (Lipinski definition) is 2. The minimum atomic E-state index is -0.957. The number of anilines is 1. The maximum absolute atomic E-state index is 10.7. The van der Waals surface area contributed by atoms with Crippen LogP contribution in [0.4, 0.5) is 5.13 Å². The lowest BCUT2D eigenvalue weighted by atomic mass is 9.96. The number of hydrogen-bond acceptors (Lipinski definition) is 5. The van der Waals surface area contributed by atoms with E-state index in [0.717, 1.165) is 39.9 Å². The van der Waals surface area contributed by atoms with Gasteiger partial charge in [0.15, 0.2) is 5.13 Å². The normalized spacial score (nSPS) is 15.2. The van der Waals surface area contributed by atoms with Gasteiger partial charge in [0.2, 0.25) is 0 Å². The minimum absolute atomic E-state index is 0.557. The summed E-state index contributed by atoms with van der Waals surface area (Å²) in [6.07, 6.45) is 11.0. The molecule has 6 nitrogen and oxygen atoms in total. The largest absolute Gasteiger partial charge is 0.478 e. The van der Waals surface area contributed by atoms with Gasteiger partial charge >= 0.3 is 5.97 Å². The number of rotatable bonds is 6. The van der Waals surface area contributed by atoms with Crippen LogP contribution < -0.4 is 5.32 Å². The van der Waals surface area contributed by atoms with Gasteiger partial charge in [0.1, 0.15) is 0 Å². The van der Waals surface area contributed by atoms with Crippen LogP contribution in [-0.4, -0.2) is 31.7 Å². The third-order valence-corrected chi connectivity index (χ3v) is 6.75. The van der Waals surface area contributed by atoms with Gasteiger partial charge in [-0.05, 0) is 54.3 Å². The highest BCUT2D eigenvalue weighted by Gasteiger charge is 2.15. The van der Waals surface area contributed by atoms with Crippen molar-refractivity contribution in [3.63, 3.8) is 0 Å². The van der Waals surface area contributed by atoms with E-state index in [2.05, 4.69) is 33.1 Å². The van der Waals surface area contributed by atoms with Crippen molar-refractivity contribution in [1.82, 2.24) is 14.5 Å². The van der Waals surface area contributed by atoms with Crippen LogP contribution in [0.1, 0.15) is 43.2 Å². The molecule has 1 aliphatic rings. The van der Waals surface area contributed by atoms with Gasteiger partial charge in [0, 0.05) is 18.7 Å². The molecule has 0 atom stereocenters. The summed E-state index contributed by atoms with van der Waals surface area (Å²) in [6.45, 7) is 0.722. The maximum Gasteiger partial charge on any atom is 0.328 e. The molecule has 1 fully saturated rings. The molecule has 0 unspecified atom stereocenters. The topological polar surface area (TPSA) is 80.0 Å². The first-order chi connectivity index (χ1) is 15.1. The van der Waals surface area contributed by atoms with Crippen LogP contribution in [0, 0.1) is 0 Å². The second-order valence-electron chi connectivity index (χ2n) is 8.09. The number of carboxylic acid groups (broad SMARTS) is 1. The molecular formula is C24H24N4O2S. The van der Waals surface area contributed by atoms with E-state index in [1.54, 1.807) is 17.4 Å². The predicted molar refractivity (Wildman–Crippen MR) is 126 cm³/mol. The fourth-order valence-corrected chi connectivity index (χ4v) is 5.23. The Morgan fingerprint density at radius 1 is 1.16 bits per heavy atom. The van der Waals surface area contributed by atoms with Crippen molar-refractivity contribution in [3.8, 4) is 0 Å². The van der Waals surface area contributed by atoms with Crippen molar-refractivity contribution in [2.45, 2.75) is 44.7 Å². The zero-order chi connectivity index (χ0) is 21.2. The Morgan fingerprint density at radius 2 is 2.03 bits per heavy atom. The van der Waals surface area contributed by atoms with Crippen molar-refractivity contribution < 1.29 is 9.90 Å². The van der Waals surface area contributed by atoms with E-state index in [9.17, 15) is 4.79 Å². The SMILES string of the molecule is O=C(O)/C=C/c1ccc2c(c1)ncn2Cc1ccc2nc(NC3CCCCC3)sc2c1. The molecule has 2 aromatic heterocycles. The summed E-state index contributed by atoms with van der Waals surface area (Å²) in [7, 11) is 0. The molecule has 2 heterocycles. The Labute approximate surface area is 184 Å².